The Hall–Kier alpha value is -1.35. The van der Waals surface area contributed by atoms with E-state index in [-0.39, 0.29) is 12.0 Å². The van der Waals surface area contributed by atoms with Crippen LogP contribution in [-0.4, -0.2) is 35.1 Å². The number of benzene rings is 1. The SMILES string of the molecule is CC(C(=O)O)C(C)N1CCC(Cc2ccccc2)CC1. The maximum atomic E-state index is 11.1. The largest absolute Gasteiger partial charge is 0.481 e. The van der Waals surface area contributed by atoms with Crippen LogP contribution in [0.4, 0.5) is 0 Å². The summed E-state index contributed by atoms with van der Waals surface area (Å²) in [6.45, 7) is 5.89. The van der Waals surface area contributed by atoms with Gasteiger partial charge in [-0.05, 0) is 50.8 Å². The van der Waals surface area contributed by atoms with Crippen molar-refractivity contribution in [2.45, 2.75) is 39.2 Å². The second kappa shape index (κ2) is 6.89. The Labute approximate surface area is 121 Å². The molecule has 2 unspecified atom stereocenters. The van der Waals surface area contributed by atoms with E-state index in [1.807, 2.05) is 13.8 Å². The Kier molecular flexibility index (Phi) is 5.18. The molecule has 0 saturated carbocycles. The first-order valence-electron chi connectivity index (χ1n) is 7.58. The Morgan fingerprint density at radius 3 is 2.40 bits per heavy atom. The number of carboxylic acid groups (broad SMARTS) is 1. The van der Waals surface area contributed by atoms with E-state index in [0.717, 1.165) is 25.4 Å². The molecule has 1 aliphatic rings. The van der Waals surface area contributed by atoms with Gasteiger partial charge >= 0.3 is 5.97 Å². The molecule has 0 aromatic heterocycles. The molecule has 1 N–H and O–H groups in total. The van der Waals surface area contributed by atoms with Gasteiger partial charge in [-0.3, -0.25) is 9.69 Å². The molecule has 1 aromatic carbocycles. The number of piperidine rings is 1. The van der Waals surface area contributed by atoms with Crippen LogP contribution in [0.5, 0.6) is 0 Å². The Bertz CT molecular complexity index is 424. The lowest BCUT2D eigenvalue weighted by Gasteiger charge is -2.37. The number of hydrogen-bond acceptors (Lipinski definition) is 2. The molecule has 0 spiro atoms. The highest BCUT2D eigenvalue weighted by Gasteiger charge is 2.28. The summed E-state index contributed by atoms with van der Waals surface area (Å²) in [5, 5.41) is 9.10. The van der Waals surface area contributed by atoms with Crippen molar-refractivity contribution < 1.29 is 9.90 Å². The monoisotopic (exact) mass is 275 g/mol. The predicted octanol–water partition coefficient (Wildman–Crippen LogP) is 3.05. The molecule has 20 heavy (non-hydrogen) atoms. The first kappa shape index (κ1) is 15.0. The minimum Gasteiger partial charge on any atom is -0.481 e. The number of carbonyl (C=O) groups is 1. The summed E-state index contributed by atoms with van der Waals surface area (Å²) in [5.74, 6) is -0.245. The van der Waals surface area contributed by atoms with Crippen molar-refractivity contribution in [3.05, 3.63) is 35.9 Å². The van der Waals surface area contributed by atoms with E-state index >= 15 is 0 Å². The van der Waals surface area contributed by atoms with Crippen LogP contribution in [0.1, 0.15) is 32.3 Å². The van der Waals surface area contributed by atoms with Crippen molar-refractivity contribution in [3.63, 3.8) is 0 Å². The van der Waals surface area contributed by atoms with Crippen molar-refractivity contribution in [2.24, 2.45) is 11.8 Å². The molecule has 1 aromatic rings. The van der Waals surface area contributed by atoms with Crippen LogP contribution < -0.4 is 0 Å². The zero-order valence-electron chi connectivity index (χ0n) is 12.5. The van der Waals surface area contributed by atoms with Gasteiger partial charge in [0.2, 0.25) is 0 Å². The lowest BCUT2D eigenvalue weighted by Crippen LogP contribution is -2.45. The van der Waals surface area contributed by atoms with Crippen molar-refractivity contribution in [3.8, 4) is 0 Å². The van der Waals surface area contributed by atoms with Gasteiger partial charge in [-0.15, -0.1) is 0 Å². The highest BCUT2D eigenvalue weighted by Crippen LogP contribution is 2.24. The van der Waals surface area contributed by atoms with Crippen LogP contribution >= 0.6 is 0 Å². The van der Waals surface area contributed by atoms with Gasteiger partial charge in [0, 0.05) is 6.04 Å². The first-order valence-corrected chi connectivity index (χ1v) is 7.58. The molecule has 2 rings (SSSR count). The fourth-order valence-corrected chi connectivity index (χ4v) is 3.03. The van der Waals surface area contributed by atoms with Gasteiger partial charge in [0.15, 0.2) is 0 Å². The lowest BCUT2D eigenvalue weighted by molar-refractivity contribution is -0.143. The number of rotatable bonds is 5. The topological polar surface area (TPSA) is 40.5 Å². The Balaban J connectivity index is 1.82. The highest BCUT2D eigenvalue weighted by molar-refractivity contribution is 5.70. The summed E-state index contributed by atoms with van der Waals surface area (Å²) in [6.07, 6.45) is 3.49. The summed E-state index contributed by atoms with van der Waals surface area (Å²) in [6, 6.07) is 10.8. The molecule has 1 saturated heterocycles. The van der Waals surface area contributed by atoms with E-state index in [0.29, 0.717) is 0 Å². The number of carboxylic acids is 1. The molecule has 3 heteroatoms. The molecule has 3 nitrogen and oxygen atoms in total. The van der Waals surface area contributed by atoms with Gasteiger partial charge in [-0.2, -0.15) is 0 Å². The summed E-state index contributed by atoms with van der Waals surface area (Å²) >= 11 is 0. The molecule has 1 aliphatic heterocycles. The zero-order chi connectivity index (χ0) is 14.5. The van der Waals surface area contributed by atoms with Crippen molar-refractivity contribution >= 4 is 5.97 Å². The summed E-state index contributed by atoms with van der Waals surface area (Å²) in [4.78, 5) is 13.4. The van der Waals surface area contributed by atoms with Gasteiger partial charge in [-0.25, -0.2) is 0 Å². The minimum absolute atomic E-state index is 0.130. The molecular weight excluding hydrogens is 250 g/mol. The van der Waals surface area contributed by atoms with Crippen molar-refractivity contribution in [1.82, 2.24) is 4.90 Å². The quantitative estimate of drug-likeness (QED) is 0.898. The van der Waals surface area contributed by atoms with E-state index in [2.05, 4.69) is 35.2 Å². The molecule has 110 valence electrons. The molecular formula is C17H25NO2. The second-order valence-electron chi connectivity index (χ2n) is 6.04. The van der Waals surface area contributed by atoms with Gasteiger partial charge < -0.3 is 5.11 Å². The third-order valence-corrected chi connectivity index (χ3v) is 4.71. The fourth-order valence-electron chi connectivity index (χ4n) is 3.03. The van der Waals surface area contributed by atoms with Gasteiger partial charge in [0.05, 0.1) is 5.92 Å². The third-order valence-electron chi connectivity index (χ3n) is 4.71. The van der Waals surface area contributed by atoms with E-state index < -0.39 is 5.97 Å². The van der Waals surface area contributed by atoms with Gasteiger partial charge in [-0.1, -0.05) is 37.3 Å². The van der Waals surface area contributed by atoms with E-state index in [9.17, 15) is 4.79 Å². The van der Waals surface area contributed by atoms with Crippen LogP contribution in [0.3, 0.4) is 0 Å². The maximum absolute atomic E-state index is 11.1. The third kappa shape index (κ3) is 3.83. The predicted molar refractivity (Wildman–Crippen MR) is 80.7 cm³/mol. The molecule has 0 radical (unpaired) electrons. The molecule has 0 bridgehead atoms. The van der Waals surface area contributed by atoms with E-state index in [4.69, 9.17) is 5.11 Å². The summed E-state index contributed by atoms with van der Waals surface area (Å²) in [7, 11) is 0. The Morgan fingerprint density at radius 2 is 1.85 bits per heavy atom. The molecule has 2 atom stereocenters. The van der Waals surface area contributed by atoms with Crippen molar-refractivity contribution in [2.75, 3.05) is 13.1 Å². The molecule has 1 fully saturated rings. The fraction of sp³-hybridized carbons (Fsp3) is 0.588. The normalized spacial score (nSPS) is 20.5. The van der Waals surface area contributed by atoms with Crippen LogP contribution in [0, 0.1) is 11.8 Å². The van der Waals surface area contributed by atoms with Gasteiger partial charge in [0.1, 0.15) is 0 Å². The summed E-state index contributed by atoms with van der Waals surface area (Å²) < 4.78 is 0. The second-order valence-corrected chi connectivity index (χ2v) is 6.04. The number of hydrogen-bond donors (Lipinski definition) is 1. The standard InChI is InChI=1S/C17H25NO2/c1-13(17(19)20)14(2)18-10-8-16(9-11-18)12-15-6-4-3-5-7-15/h3-7,13-14,16H,8-12H2,1-2H3,(H,19,20). The van der Waals surface area contributed by atoms with Crippen LogP contribution in [0.25, 0.3) is 0 Å². The first-order chi connectivity index (χ1) is 9.58. The molecule has 0 amide bonds. The minimum atomic E-state index is -0.691. The highest BCUT2D eigenvalue weighted by atomic mass is 16.4. The molecule has 0 aliphatic carbocycles. The maximum Gasteiger partial charge on any atom is 0.307 e. The lowest BCUT2D eigenvalue weighted by atomic mass is 9.88. The average molecular weight is 275 g/mol. The number of nitrogens with zero attached hydrogens (tertiary/aromatic N) is 1. The average Bonchev–Trinajstić information content (AvgIpc) is 2.47. The molecule has 1 heterocycles. The van der Waals surface area contributed by atoms with Crippen LogP contribution in [0.2, 0.25) is 0 Å². The zero-order valence-corrected chi connectivity index (χ0v) is 12.5. The van der Waals surface area contributed by atoms with Crippen LogP contribution in [-0.2, 0) is 11.2 Å². The summed E-state index contributed by atoms with van der Waals surface area (Å²) in [5.41, 5.74) is 1.41. The smallest absolute Gasteiger partial charge is 0.307 e. The Morgan fingerprint density at radius 1 is 1.25 bits per heavy atom. The van der Waals surface area contributed by atoms with Gasteiger partial charge in [0.25, 0.3) is 0 Å². The van der Waals surface area contributed by atoms with Crippen LogP contribution in [0.15, 0.2) is 30.3 Å². The number of aliphatic carboxylic acids is 1. The van der Waals surface area contributed by atoms with E-state index in [1.165, 1.54) is 18.4 Å². The number of likely N-dealkylation sites (tertiary alicyclic amines) is 1. The van der Waals surface area contributed by atoms with E-state index in [1.54, 1.807) is 0 Å². The van der Waals surface area contributed by atoms with Crippen molar-refractivity contribution in [1.29, 1.82) is 0 Å².